The molecule has 2 aromatic carbocycles. The molecular weight excluding hydrogens is 343 g/mol. The summed E-state index contributed by atoms with van der Waals surface area (Å²) in [7, 11) is 0. The van der Waals surface area contributed by atoms with E-state index in [2.05, 4.69) is 39.5 Å². The molecule has 0 saturated carbocycles. The molecule has 0 aliphatic carbocycles. The van der Waals surface area contributed by atoms with Crippen molar-refractivity contribution in [2.24, 2.45) is 0 Å². The number of nitrogens with one attached hydrogen (secondary N) is 1. The topological polar surface area (TPSA) is 63.8 Å². The van der Waals surface area contributed by atoms with Gasteiger partial charge >= 0.3 is 0 Å². The minimum Gasteiger partial charge on any atom is -0.367 e. The summed E-state index contributed by atoms with van der Waals surface area (Å²) >= 11 is 0. The fourth-order valence-corrected chi connectivity index (χ4v) is 3.03. The number of aromatic nitrogens is 3. The standard InChI is InChI=1S/C21H19FN4O/c1-14(7-8-15-5-3-2-4-6-15)25-20-18-19(16-9-11-17(22)12-10-16)26-27-21(18)24-13-23-20/h2-6,9-14H,7-8H2,1H3,(H,23,24,25). The first-order valence-electron chi connectivity index (χ1n) is 8.87. The molecular formula is C21H19FN4O. The molecule has 0 radical (unpaired) electrons. The molecule has 0 amide bonds. The van der Waals surface area contributed by atoms with Gasteiger partial charge in [0.1, 0.15) is 29.0 Å². The third-order valence-corrected chi connectivity index (χ3v) is 4.48. The van der Waals surface area contributed by atoms with Crippen LogP contribution in [0.2, 0.25) is 0 Å². The van der Waals surface area contributed by atoms with Gasteiger partial charge in [-0.15, -0.1) is 0 Å². The fraction of sp³-hybridized carbons (Fsp3) is 0.190. The zero-order chi connectivity index (χ0) is 18.6. The highest BCUT2D eigenvalue weighted by Crippen LogP contribution is 2.31. The van der Waals surface area contributed by atoms with Gasteiger partial charge in [0.05, 0.1) is 0 Å². The molecule has 0 aliphatic rings. The maximum Gasteiger partial charge on any atom is 0.263 e. The van der Waals surface area contributed by atoms with Crippen molar-refractivity contribution in [3.63, 3.8) is 0 Å². The smallest absolute Gasteiger partial charge is 0.263 e. The molecule has 0 fully saturated rings. The predicted octanol–water partition coefficient (Wildman–Crippen LogP) is 4.86. The summed E-state index contributed by atoms with van der Waals surface area (Å²) in [5.74, 6) is 0.372. The Bertz CT molecular complexity index is 1030. The van der Waals surface area contributed by atoms with Crippen molar-refractivity contribution in [1.82, 2.24) is 15.1 Å². The molecule has 0 saturated heterocycles. The van der Waals surface area contributed by atoms with Gasteiger partial charge in [-0.2, -0.15) is 4.98 Å². The summed E-state index contributed by atoms with van der Waals surface area (Å²) in [6.45, 7) is 2.11. The molecule has 0 spiro atoms. The molecule has 0 bridgehead atoms. The minimum atomic E-state index is -0.296. The summed E-state index contributed by atoms with van der Waals surface area (Å²) in [6.07, 6.45) is 3.37. The van der Waals surface area contributed by atoms with Crippen LogP contribution in [0.1, 0.15) is 18.9 Å². The number of benzene rings is 2. The summed E-state index contributed by atoms with van der Waals surface area (Å²) in [5.41, 5.74) is 3.06. The zero-order valence-electron chi connectivity index (χ0n) is 14.9. The molecule has 5 nitrogen and oxygen atoms in total. The Balaban J connectivity index is 1.58. The second-order valence-corrected chi connectivity index (χ2v) is 6.51. The first-order chi connectivity index (χ1) is 13.2. The van der Waals surface area contributed by atoms with Gasteiger partial charge in [0.25, 0.3) is 5.71 Å². The van der Waals surface area contributed by atoms with E-state index in [1.54, 1.807) is 12.1 Å². The number of hydrogen-bond donors (Lipinski definition) is 1. The molecule has 1 unspecified atom stereocenters. The van der Waals surface area contributed by atoms with E-state index in [1.807, 2.05) is 18.2 Å². The van der Waals surface area contributed by atoms with E-state index in [-0.39, 0.29) is 11.9 Å². The van der Waals surface area contributed by atoms with Crippen LogP contribution in [0.3, 0.4) is 0 Å². The Kier molecular flexibility index (Phi) is 4.78. The molecule has 0 aliphatic heterocycles. The number of nitrogens with zero attached hydrogens (tertiary/aromatic N) is 3. The summed E-state index contributed by atoms with van der Waals surface area (Å²) in [6, 6.07) is 16.7. The minimum absolute atomic E-state index is 0.194. The van der Waals surface area contributed by atoms with Crippen molar-refractivity contribution < 1.29 is 8.91 Å². The average molecular weight is 362 g/mol. The molecule has 4 rings (SSSR count). The Morgan fingerprint density at radius 2 is 1.81 bits per heavy atom. The van der Waals surface area contributed by atoms with E-state index < -0.39 is 0 Å². The molecule has 6 heteroatoms. The number of halogens is 1. The Hall–Kier alpha value is -3.28. The Labute approximate surface area is 156 Å². The molecule has 1 atom stereocenters. The highest BCUT2D eigenvalue weighted by molar-refractivity contribution is 5.97. The van der Waals surface area contributed by atoms with Gasteiger partial charge in [-0.05, 0) is 49.6 Å². The second kappa shape index (κ2) is 7.53. The summed E-state index contributed by atoms with van der Waals surface area (Å²) in [4.78, 5) is 8.53. The highest BCUT2D eigenvalue weighted by Gasteiger charge is 2.18. The van der Waals surface area contributed by atoms with Gasteiger partial charge in [-0.1, -0.05) is 35.5 Å². The van der Waals surface area contributed by atoms with E-state index in [4.69, 9.17) is 4.52 Å². The highest BCUT2D eigenvalue weighted by atomic mass is 19.1. The maximum atomic E-state index is 13.2. The van der Waals surface area contributed by atoms with Crippen LogP contribution in [-0.4, -0.2) is 21.2 Å². The van der Waals surface area contributed by atoms with Crippen LogP contribution in [0.4, 0.5) is 10.2 Å². The lowest BCUT2D eigenvalue weighted by atomic mass is 10.1. The molecule has 136 valence electrons. The lowest BCUT2D eigenvalue weighted by Gasteiger charge is -2.15. The van der Waals surface area contributed by atoms with Crippen molar-refractivity contribution >= 4 is 16.9 Å². The van der Waals surface area contributed by atoms with Crippen LogP contribution >= 0.6 is 0 Å². The Morgan fingerprint density at radius 1 is 1.04 bits per heavy atom. The average Bonchev–Trinajstić information content (AvgIpc) is 3.13. The molecule has 2 aromatic heterocycles. The number of hydrogen-bond acceptors (Lipinski definition) is 5. The lowest BCUT2D eigenvalue weighted by molar-refractivity contribution is 0.451. The van der Waals surface area contributed by atoms with E-state index in [0.717, 1.165) is 18.4 Å². The zero-order valence-corrected chi connectivity index (χ0v) is 14.9. The van der Waals surface area contributed by atoms with E-state index in [1.165, 1.54) is 24.0 Å². The predicted molar refractivity (Wildman–Crippen MR) is 103 cm³/mol. The van der Waals surface area contributed by atoms with Crippen LogP contribution in [0.25, 0.3) is 22.4 Å². The van der Waals surface area contributed by atoms with E-state index in [0.29, 0.717) is 22.6 Å². The van der Waals surface area contributed by atoms with Crippen molar-refractivity contribution in [3.8, 4) is 11.3 Å². The van der Waals surface area contributed by atoms with Crippen LogP contribution in [0, 0.1) is 5.82 Å². The largest absolute Gasteiger partial charge is 0.367 e. The lowest BCUT2D eigenvalue weighted by Crippen LogP contribution is -2.17. The number of aryl methyl sites for hydroxylation is 1. The fourth-order valence-electron chi connectivity index (χ4n) is 3.03. The van der Waals surface area contributed by atoms with Gasteiger partial charge in [0.2, 0.25) is 0 Å². The van der Waals surface area contributed by atoms with Crippen molar-refractivity contribution in [2.75, 3.05) is 5.32 Å². The molecule has 27 heavy (non-hydrogen) atoms. The SMILES string of the molecule is CC(CCc1ccccc1)Nc1ncnc2onc(-c3ccc(F)cc3)c12. The van der Waals surface area contributed by atoms with Crippen LogP contribution in [-0.2, 0) is 6.42 Å². The van der Waals surface area contributed by atoms with E-state index in [9.17, 15) is 4.39 Å². The first kappa shape index (κ1) is 17.1. The maximum absolute atomic E-state index is 13.2. The molecule has 2 heterocycles. The number of fused-ring (bicyclic) bond motifs is 1. The molecule has 1 N–H and O–H groups in total. The summed E-state index contributed by atoms with van der Waals surface area (Å²) < 4.78 is 18.6. The van der Waals surface area contributed by atoms with Crippen molar-refractivity contribution in [1.29, 1.82) is 0 Å². The number of rotatable bonds is 6. The quantitative estimate of drug-likeness (QED) is 0.531. The monoisotopic (exact) mass is 362 g/mol. The van der Waals surface area contributed by atoms with Gasteiger partial charge < -0.3 is 9.84 Å². The van der Waals surface area contributed by atoms with Gasteiger partial charge in [-0.25, -0.2) is 9.37 Å². The number of anilines is 1. The van der Waals surface area contributed by atoms with Crippen LogP contribution < -0.4 is 5.32 Å². The first-order valence-corrected chi connectivity index (χ1v) is 8.87. The van der Waals surface area contributed by atoms with Crippen LogP contribution in [0.5, 0.6) is 0 Å². The second-order valence-electron chi connectivity index (χ2n) is 6.51. The van der Waals surface area contributed by atoms with Crippen molar-refractivity contribution in [2.45, 2.75) is 25.8 Å². The Morgan fingerprint density at radius 3 is 2.59 bits per heavy atom. The van der Waals surface area contributed by atoms with Gasteiger partial charge in [0.15, 0.2) is 0 Å². The van der Waals surface area contributed by atoms with E-state index >= 15 is 0 Å². The third kappa shape index (κ3) is 3.79. The van der Waals surface area contributed by atoms with Crippen LogP contribution in [0.15, 0.2) is 65.4 Å². The third-order valence-electron chi connectivity index (χ3n) is 4.48. The van der Waals surface area contributed by atoms with Crippen molar-refractivity contribution in [3.05, 3.63) is 72.3 Å². The normalized spacial score (nSPS) is 12.2. The summed E-state index contributed by atoms with van der Waals surface area (Å²) in [5, 5.41) is 8.26. The van der Waals surface area contributed by atoms with Gasteiger partial charge in [0, 0.05) is 11.6 Å². The van der Waals surface area contributed by atoms with Gasteiger partial charge in [-0.3, -0.25) is 0 Å². The molecule has 4 aromatic rings.